The third-order valence-electron chi connectivity index (χ3n) is 7.17. The van der Waals surface area contributed by atoms with Crippen molar-refractivity contribution in [2.75, 3.05) is 0 Å². The Balaban J connectivity index is 1.67. The number of hydrogen-bond donors (Lipinski definition) is 1. The van der Waals surface area contributed by atoms with Crippen LogP contribution in [0.5, 0.6) is 0 Å². The van der Waals surface area contributed by atoms with Crippen molar-refractivity contribution in [2.24, 2.45) is 0 Å². The summed E-state index contributed by atoms with van der Waals surface area (Å²) in [7, 11) is -4.16. The molecule has 2 aliphatic carbocycles. The number of nitriles is 1. The fourth-order valence-corrected chi connectivity index (χ4v) is 6.53. The number of halogens is 4. The van der Waals surface area contributed by atoms with Gasteiger partial charge in [0.1, 0.15) is 11.9 Å². The molecule has 184 valence electrons. The Bertz CT molecular complexity index is 1430. The first-order chi connectivity index (χ1) is 16.6. The molecule has 0 saturated heterocycles. The molecule has 1 atom stereocenters. The van der Waals surface area contributed by atoms with E-state index in [1.165, 1.54) is 36.5 Å². The van der Waals surface area contributed by atoms with E-state index in [4.69, 9.17) is 0 Å². The smallest absolute Gasteiger partial charge is 0.344 e. The summed E-state index contributed by atoms with van der Waals surface area (Å²) in [4.78, 5) is 0. The molecule has 1 unspecified atom stereocenters. The normalized spacial score (nSPS) is 18.1. The fraction of sp³-hybridized carbons (Fsp3) is 0.400. The van der Waals surface area contributed by atoms with Gasteiger partial charge in [-0.3, -0.25) is 0 Å². The van der Waals surface area contributed by atoms with Crippen LogP contribution in [0, 0.1) is 17.1 Å². The van der Waals surface area contributed by atoms with Crippen molar-refractivity contribution in [3.8, 4) is 17.2 Å². The predicted octanol–water partition coefficient (Wildman–Crippen LogP) is 6.12. The standard InChI is InChI=1S/C25H23F4N3O2S/c26-21-9-1-4-16(13-30)23(21)15-10-11-19-20(14-32(22(19)12-15)17-5-2-6-17)24(25(27,28)29)31-35(33,34)18-7-3-8-18/h1,4,9-12,14,17-18,24,31H,2-3,5-8H2. The zero-order valence-electron chi connectivity index (χ0n) is 18.6. The van der Waals surface area contributed by atoms with Gasteiger partial charge < -0.3 is 4.57 Å². The summed E-state index contributed by atoms with van der Waals surface area (Å²) in [6.07, 6.45) is 0.380. The number of rotatable bonds is 6. The maximum absolute atomic E-state index is 14.7. The maximum atomic E-state index is 14.7. The van der Waals surface area contributed by atoms with Crippen LogP contribution >= 0.6 is 0 Å². The van der Waals surface area contributed by atoms with Crippen LogP contribution in [0.2, 0.25) is 0 Å². The summed E-state index contributed by atoms with van der Waals surface area (Å²) in [5.74, 6) is -0.605. The Morgan fingerprint density at radius 1 is 1.09 bits per heavy atom. The van der Waals surface area contributed by atoms with Gasteiger partial charge in [0.25, 0.3) is 0 Å². The maximum Gasteiger partial charge on any atom is 0.408 e. The molecule has 10 heteroatoms. The lowest BCUT2D eigenvalue weighted by atomic mass is 9.92. The van der Waals surface area contributed by atoms with Gasteiger partial charge in [0.2, 0.25) is 10.0 Å². The molecule has 0 spiro atoms. The second-order valence-electron chi connectivity index (χ2n) is 9.27. The van der Waals surface area contributed by atoms with E-state index in [0.29, 0.717) is 30.3 Å². The van der Waals surface area contributed by atoms with E-state index in [1.54, 1.807) is 10.6 Å². The minimum atomic E-state index is -4.85. The second kappa shape index (κ2) is 8.64. The molecular formula is C25H23F4N3O2S. The number of aromatic nitrogens is 1. The molecule has 0 aliphatic heterocycles. The zero-order valence-corrected chi connectivity index (χ0v) is 19.5. The third kappa shape index (κ3) is 4.21. The van der Waals surface area contributed by atoms with E-state index in [9.17, 15) is 31.2 Å². The van der Waals surface area contributed by atoms with Crippen LogP contribution in [-0.2, 0) is 10.0 Å². The van der Waals surface area contributed by atoms with E-state index >= 15 is 0 Å². The molecule has 2 aromatic carbocycles. The number of alkyl halides is 3. The van der Waals surface area contributed by atoms with Gasteiger partial charge in [-0.1, -0.05) is 24.6 Å². The van der Waals surface area contributed by atoms with Gasteiger partial charge in [-0.15, -0.1) is 0 Å². The van der Waals surface area contributed by atoms with Crippen LogP contribution in [0.4, 0.5) is 17.6 Å². The SMILES string of the molecule is N#Cc1cccc(F)c1-c1ccc2c(C(NS(=O)(=O)C3CCC3)C(F)(F)F)cn(C3CCC3)c2c1. The summed E-state index contributed by atoms with van der Waals surface area (Å²) in [5.41, 5.74) is 0.843. The van der Waals surface area contributed by atoms with E-state index in [-0.39, 0.29) is 28.1 Å². The molecule has 1 heterocycles. The van der Waals surface area contributed by atoms with E-state index in [2.05, 4.69) is 0 Å². The summed E-state index contributed by atoms with van der Waals surface area (Å²) in [6, 6.07) is 8.18. The molecule has 2 fully saturated rings. The molecule has 2 saturated carbocycles. The summed E-state index contributed by atoms with van der Waals surface area (Å²) in [5, 5.41) is 8.87. The average molecular weight is 506 g/mol. The topological polar surface area (TPSA) is 74.9 Å². The molecule has 1 N–H and O–H groups in total. The van der Waals surface area contributed by atoms with Crippen molar-refractivity contribution in [3.05, 3.63) is 59.5 Å². The molecule has 3 aromatic rings. The van der Waals surface area contributed by atoms with Crippen molar-refractivity contribution in [1.82, 2.24) is 9.29 Å². The Labute approximate surface area is 200 Å². The summed E-state index contributed by atoms with van der Waals surface area (Å²) >= 11 is 0. The van der Waals surface area contributed by atoms with Crippen LogP contribution in [0.25, 0.3) is 22.0 Å². The van der Waals surface area contributed by atoms with Gasteiger partial charge in [-0.05, 0) is 55.9 Å². The zero-order chi connectivity index (χ0) is 25.0. The van der Waals surface area contributed by atoms with Gasteiger partial charge in [0.05, 0.1) is 16.9 Å². The van der Waals surface area contributed by atoms with Gasteiger partial charge in [-0.2, -0.15) is 23.2 Å². The van der Waals surface area contributed by atoms with Crippen LogP contribution < -0.4 is 4.72 Å². The van der Waals surface area contributed by atoms with Crippen LogP contribution in [0.15, 0.2) is 42.6 Å². The molecule has 35 heavy (non-hydrogen) atoms. The molecule has 2 aliphatic rings. The molecular weight excluding hydrogens is 482 g/mol. The van der Waals surface area contributed by atoms with Gasteiger partial charge >= 0.3 is 6.18 Å². The lowest BCUT2D eigenvalue weighted by molar-refractivity contribution is -0.152. The Kier molecular flexibility index (Phi) is 5.88. The lowest BCUT2D eigenvalue weighted by Crippen LogP contribution is -2.44. The molecule has 0 bridgehead atoms. The van der Waals surface area contributed by atoms with Gasteiger partial charge in [0.15, 0.2) is 0 Å². The molecule has 5 rings (SSSR count). The van der Waals surface area contributed by atoms with E-state index < -0.39 is 33.3 Å². The number of hydrogen-bond acceptors (Lipinski definition) is 3. The minimum absolute atomic E-state index is 0.0327. The van der Waals surface area contributed by atoms with Gasteiger partial charge in [0, 0.05) is 34.3 Å². The van der Waals surface area contributed by atoms with E-state index in [0.717, 1.165) is 19.3 Å². The van der Waals surface area contributed by atoms with E-state index in [1.807, 2.05) is 10.8 Å². The average Bonchev–Trinajstić information content (AvgIpc) is 3.06. The van der Waals surface area contributed by atoms with Crippen molar-refractivity contribution in [3.63, 3.8) is 0 Å². The fourth-order valence-electron chi connectivity index (χ4n) is 4.79. The minimum Gasteiger partial charge on any atom is -0.344 e. The largest absolute Gasteiger partial charge is 0.408 e. The highest BCUT2D eigenvalue weighted by molar-refractivity contribution is 7.90. The van der Waals surface area contributed by atoms with Crippen molar-refractivity contribution in [1.29, 1.82) is 5.26 Å². The molecule has 5 nitrogen and oxygen atoms in total. The first kappa shape index (κ1) is 23.8. The van der Waals surface area contributed by atoms with Crippen molar-refractivity contribution in [2.45, 2.75) is 62.0 Å². The third-order valence-corrected chi connectivity index (χ3v) is 9.08. The number of nitrogens with one attached hydrogen (secondary N) is 1. The molecule has 0 radical (unpaired) electrons. The monoisotopic (exact) mass is 505 g/mol. The number of nitrogens with zero attached hydrogens (tertiary/aromatic N) is 2. The van der Waals surface area contributed by atoms with Crippen LogP contribution in [0.3, 0.4) is 0 Å². The Hall–Kier alpha value is -2.90. The number of benzene rings is 2. The summed E-state index contributed by atoms with van der Waals surface area (Å²) < 4.78 is 86.3. The lowest BCUT2D eigenvalue weighted by Gasteiger charge is -2.29. The summed E-state index contributed by atoms with van der Waals surface area (Å²) in [6.45, 7) is 0. The Morgan fingerprint density at radius 2 is 1.80 bits per heavy atom. The first-order valence-corrected chi connectivity index (χ1v) is 13.1. The number of fused-ring (bicyclic) bond motifs is 1. The highest BCUT2D eigenvalue weighted by Gasteiger charge is 2.47. The first-order valence-electron chi connectivity index (χ1n) is 11.5. The van der Waals surface area contributed by atoms with Crippen LogP contribution in [-0.4, -0.2) is 24.4 Å². The predicted molar refractivity (Wildman–Crippen MR) is 123 cm³/mol. The second-order valence-corrected chi connectivity index (χ2v) is 11.3. The van der Waals surface area contributed by atoms with Crippen molar-refractivity contribution >= 4 is 20.9 Å². The molecule has 0 amide bonds. The molecule has 1 aromatic heterocycles. The quantitative estimate of drug-likeness (QED) is 0.410. The highest BCUT2D eigenvalue weighted by atomic mass is 32.2. The number of sulfonamides is 1. The van der Waals surface area contributed by atoms with Crippen LogP contribution in [0.1, 0.15) is 61.7 Å². The van der Waals surface area contributed by atoms with Crippen molar-refractivity contribution < 1.29 is 26.0 Å². The van der Waals surface area contributed by atoms with Gasteiger partial charge in [-0.25, -0.2) is 12.8 Å². The highest BCUT2D eigenvalue weighted by Crippen LogP contribution is 2.43. The Morgan fingerprint density at radius 3 is 2.37 bits per heavy atom.